The Morgan fingerprint density at radius 1 is 0.822 bits per heavy atom. The molecule has 10 heteroatoms. The molecule has 0 aromatic heterocycles. The third-order valence-electron chi connectivity index (χ3n) is 7.13. The van der Waals surface area contributed by atoms with Gasteiger partial charge in [0.1, 0.15) is 18.3 Å². The quantitative estimate of drug-likeness (QED) is 0.160. The molecule has 2 amide bonds. The van der Waals surface area contributed by atoms with Gasteiger partial charge in [0.05, 0.1) is 17.2 Å². The monoisotopic (exact) mass is 691 g/mol. The van der Waals surface area contributed by atoms with Gasteiger partial charge in [0.25, 0.3) is 10.0 Å². The summed E-state index contributed by atoms with van der Waals surface area (Å²) in [5.41, 5.74) is 1.99. The van der Waals surface area contributed by atoms with Crippen LogP contribution in [0.2, 0.25) is 0 Å². The smallest absolute Gasteiger partial charge is 0.264 e. The first-order valence-electron chi connectivity index (χ1n) is 14.9. The van der Waals surface area contributed by atoms with Crippen LogP contribution in [0.4, 0.5) is 5.69 Å². The number of amides is 2. The van der Waals surface area contributed by atoms with Gasteiger partial charge in [-0.15, -0.1) is 0 Å². The minimum absolute atomic E-state index is 0.0310. The molecular formula is C35H38BrN3O5S. The van der Waals surface area contributed by atoms with Crippen molar-refractivity contribution >= 4 is 43.5 Å². The van der Waals surface area contributed by atoms with Crippen molar-refractivity contribution in [3.63, 3.8) is 0 Å². The van der Waals surface area contributed by atoms with E-state index in [2.05, 4.69) is 21.2 Å². The summed E-state index contributed by atoms with van der Waals surface area (Å²) in [7, 11) is -4.19. The number of hydrogen-bond donors (Lipinski definition) is 1. The maximum Gasteiger partial charge on any atom is 0.264 e. The van der Waals surface area contributed by atoms with Gasteiger partial charge in [-0.25, -0.2) is 8.42 Å². The number of carbonyl (C=O) groups excluding carboxylic acids is 2. The average Bonchev–Trinajstić information content (AvgIpc) is 3.05. The lowest BCUT2D eigenvalue weighted by atomic mass is 10.0. The zero-order chi connectivity index (χ0) is 32.2. The second-order valence-corrected chi connectivity index (χ2v) is 13.2. The van der Waals surface area contributed by atoms with Crippen molar-refractivity contribution in [2.75, 3.05) is 24.0 Å². The molecule has 4 aromatic carbocycles. The van der Waals surface area contributed by atoms with Gasteiger partial charge in [0.2, 0.25) is 11.8 Å². The van der Waals surface area contributed by atoms with Crippen LogP contribution in [0.1, 0.15) is 31.4 Å². The first kappa shape index (κ1) is 33.7. The van der Waals surface area contributed by atoms with Crippen LogP contribution in [0, 0.1) is 0 Å². The Hall–Kier alpha value is -4.15. The van der Waals surface area contributed by atoms with Gasteiger partial charge in [-0.2, -0.15) is 0 Å². The van der Waals surface area contributed by atoms with E-state index in [1.807, 2.05) is 74.5 Å². The number of carbonyl (C=O) groups is 2. The second-order valence-electron chi connectivity index (χ2n) is 10.4. The molecule has 0 heterocycles. The largest absolute Gasteiger partial charge is 0.494 e. The molecule has 0 aliphatic rings. The molecule has 45 heavy (non-hydrogen) atoms. The summed E-state index contributed by atoms with van der Waals surface area (Å²) in [5.74, 6) is -0.232. The fraction of sp³-hybridized carbons (Fsp3) is 0.257. The lowest BCUT2D eigenvalue weighted by Gasteiger charge is -2.34. The van der Waals surface area contributed by atoms with Crippen LogP contribution in [0.25, 0.3) is 0 Å². The number of nitrogens with zero attached hydrogens (tertiary/aromatic N) is 2. The Kier molecular flexibility index (Phi) is 12.2. The zero-order valence-corrected chi connectivity index (χ0v) is 27.8. The molecule has 0 aliphatic carbocycles. The minimum atomic E-state index is -4.19. The van der Waals surface area contributed by atoms with Gasteiger partial charge < -0.3 is 15.0 Å². The topological polar surface area (TPSA) is 96.0 Å². The maximum atomic E-state index is 14.5. The van der Waals surface area contributed by atoms with Gasteiger partial charge >= 0.3 is 0 Å². The summed E-state index contributed by atoms with van der Waals surface area (Å²) < 4.78 is 35.7. The fourth-order valence-electron chi connectivity index (χ4n) is 4.84. The number of nitrogens with one attached hydrogen (secondary N) is 1. The van der Waals surface area contributed by atoms with E-state index in [1.165, 1.54) is 17.0 Å². The second kappa shape index (κ2) is 16.2. The van der Waals surface area contributed by atoms with Gasteiger partial charge in [-0.1, -0.05) is 83.5 Å². The number of halogens is 1. The lowest BCUT2D eigenvalue weighted by Crippen LogP contribution is -2.53. The van der Waals surface area contributed by atoms with Crippen molar-refractivity contribution in [3.8, 4) is 5.75 Å². The number of sulfonamides is 1. The first-order valence-corrected chi connectivity index (χ1v) is 17.1. The highest BCUT2D eigenvalue weighted by atomic mass is 79.9. The molecule has 1 atom stereocenters. The summed E-state index contributed by atoms with van der Waals surface area (Å²) >= 11 is 3.36. The Labute approximate surface area is 274 Å². The summed E-state index contributed by atoms with van der Waals surface area (Å²) in [4.78, 5) is 29.7. The highest BCUT2D eigenvalue weighted by molar-refractivity contribution is 9.10. The van der Waals surface area contributed by atoms with E-state index in [0.717, 1.165) is 26.3 Å². The molecule has 4 aromatic rings. The van der Waals surface area contributed by atoms with Gasteiger partial charge in [-0.3, -0.25) is 13.9 Å². The van der Waals surface area contributed by atoms with Crippen LogP contribution in [0.5, 0.6) is 5.75 Å². The molecule has 4 rings (SSSR count). The molecule has 0 saturated carbocycles. The SMILES string of the molecule is CCCNC(=O)[C@@H](Cc1ccccc1)N(Cc1ccccc1)C(=O)CN(c1ccc(OCC)cc1)S(=O)(=O)c1ccc(Br)cc1. The molecule has 0 fully saturated rings. The van der Waals surface area contributed by atoms with Crippen molar-refractivity contribution in [2.24, 2.45) is 0 Å². The molecule has 0 aliphatic heterocycles. The van der Waals surface area contributed by atoms with Crippen LogP contribution in [-0.4, -0.2) is 50.9 Å². The van der Waals surface area contributed by atoms with E-state index in [-0.39, 0.29) is 23.8 Å². The molecule has 1 N–H and O–H groups in total. The molecule has 0 unspecified atom stereocenters. The summed E-state index contributed by atoms with van der Waals surface area (Å²) in [6.45, 7) is 4.32. The lowest BCUT2D eigenvalue weighted by molar-refractivity contribution is -0.140. The van der Waals surface area contributed by atoms with Crippen LogP contribution < -0.4 is 14.4 Å². The van der Waals surface area contributed by atoms with Gasteiger partial charge in [-0.05, 0) is 73.0 Å². The number of anilines is 1. The number of rotatable bonds is 15. The van der Waals surface area contributed by atoms with Crippen molar-refractivity contribution in [1.82, 2.24) is 10.2 Å². The molecule has 0 spiro atoms. The van der Waals surface area contributed by atoms with E-state index >= 15 is 0 Å². The molecule has 0 saturated heterocycles. The predicted molar refractivity (Wildman–Crippen MR) is 181 cm³/mol. The van der Waals surface area contributed by atoms with Crippen molar-refractivity contribution in [3.05, 3.63) is 125 Å². The molecule has 236 valence electrons. The third-order valence-corrected chi connectivity index (χ3v) is 9.45. The van der Waals surface area contributed by atoms with E-state index in [0.29, 0.717) is 24.6 Å². The average molecular weight is 693 g/mol. The van der Waals surface area contributed by atoms with E-state index in [4.69, 9.17) is 4.74 Å². The van der Waals surface area contributed by atoms with Crippen molar-refractivity contribution in [2.45, 2.75) is 44.2 Å². The van der Waals surface area contributed by atoms with Crippen molar-refractivity contribution in [1.29, 1.82) is 0 Å². The number of hydrogen-bond acceptors (Lipinski definition) is 5. The Balaban J connectivity index is 1.78. The third kappa shape index (κ3) is 9.18. The molecular weight excluding hydrogens is 654 g/mol. The normalized spacial score (nSPS) is 11.8. The van der Waals surface area contributed by atoms with Crippen LogP contribution in [0.15, 0.2) is 119 Å². The van der Waals surface area contributed by atoms with Crippen LogP contribution in [-0.2, 0) is 32.6 Å². The summed E-state index contributed by atoms with van der Waals surface area (Å²) in [6.07, 6.45) is 0.991. The van der Waals surface area contributed by atoms with E-state index in [1.54, 1.807) is 36.4 Å². The Bertz CT molecular complexity index is 1630. The highest BCUT2D eigenvalue weighted by Gasteiger charge is 2.34. The molecule has 0 radical (unpaired) electrons. The standard InChI is InChI=1S/C35H38BrN3O5S/c1-3-23-37-35(41)33(24-27-11-7-5-8-12-27)38(25-28-13-9-6-10-14-28)34(40)26-39(30-17-19-31(20-18-30)44-4-2)45(42,43)32-21-15-29(36)16-22-32/h5-22,33H,3-4,23-26H2,1-2H3,(H,37,41)/t33-/m1/s1. The zero-order valence-electron chi connectivity index (χ0n) is 25.4. The van der Waals surface area contributed by atoms with Crippen LogP contribution in [0.3, 0.4) is 0 Å². The maximum absolute atomic E-state index is 14.5. The summed E-state index contributed by atoms with van der Waals surface area (Å²) in [6, 6.07) is 30.8. The van der Waals surface area contributed by atoms with Crippen LogP contribution >= 0.6 is 15.9 Å². The van der Waals surface area contributed by atoms with Gasteiger partial charge in [0.15, 0.2) is 0 Å². The molecule has 0 bridgehead atoms. The Morgan fingerprint density at radius 3 is 2.00 bits per heavy atom. The van der Waals surface area contributed by atoms with E-state index < -0.39 is 28.5 Å². The van der Waals surface area contributed by atoms with Crippen molar-refractivity contribution < 1.29 is 22.7 Å². The van der Waals surface area contributed by atoms with Gasteiger partial charge in [0, 0.05) is 24.0 Å². The number of ether oxygens (including phenoxy) is 1. The fourth-order valence-corrected chi connectivity index (χ4v) is 6.52. The molecule has 8 nitrogen and oxygen atoms in total. The number of benzene rings is 4. The van der Waals surface area contributed by atoms with E-state index in [9.17, 15) is 18.0 Å². The highest BCUT2D eigenvalue weighted by Crippen LogP contribution is 2.28. The Morgan fingerprint density at radius 2 is 1.42 bits per heavy atom. The minimum Gasteiger partial charge on any atom is -0.494 e. The first-order chi connectivity index (χ1) is 21.7. The predicted octanol–water partition coefficient (Wildman–Crippen LogP) is 6.21. The summed E-state index contributed by atoms with van der Waals surface area (Å²) in [5, 5.41) is 2.96.